The lowest BCUT2D eigenvalue weighted by Crippen LogP contribution is -2.38. The zero-order valence-corrected chi connectivity index (χ0v) is 9.93. The Morgan fingerprint density at radius 3 is 3.18 bits per heavy atom. The number of allylic oxidation sites excluding steroid dienone is 1. The summed E-state index contributed by atoms with van der Waals surface area (Å²) in [7, 11) is 1.59. The molecule has 0 aromatic carbocycles. The average Bonchev–Trinajstić information content (AvgIpc) is 2.40. The second-order valence-corrected chi connectivity index (χ2v) is 4.16. The van der Waals surface area contributed by atoms with E-state index in [1.807, 2.05) is 18.2 Å². The Hall–Kier alpha value is -1.17. The largest absolute Gasteiger partial charge is 0.411 e. The van der Waals surface area contributed by atoms with Crippen molar-refractivity contribution in [2.24, 2.45) is 5.16 Å². The predicted octanol–water partition coefficient (Wildman–Crippen LogP) is 0.706. The molecule has 0 spiro atoms. The fourth-order valence-electron chi connectivity index (χ4n) is 2.06. The molecule has 1 fully saturated rings. The van der Waals surface area contributed by atoms with Crippen molar-refractivity contribution in [3.8, 4) is 0 Å². The molecule has 1 aliphatic heterocycles. The standard InChI is InChI=1S/C12H18N2O3/c1-16-12-3-2-9(7-11(12)14-15)6-10-8-13-4-5-17-10/h2-3,7,10,12-13,15H,4-6,8H2,1H3/t10?,12-/m1/s1. The number of hydrogen-bond donors (Lipinski definition) is 2. The topological polar surface area (TPSA) is 63.1 Å². The third kappa shape index (κ3) is 3.15. The van der Waals surface area contributed by atoms with Gasteiger partial charge in [0.25, 0.3) is 0 Å². The zero-order valence-electron chi connectivity index (χ0n) is 9.93. The molecule has 2 N–H and O–H groups in total. The molecule has 5 nitrogen and oxygen atoms in total. The van der Waals surface area contributed by atoms with E-state index in [1.165, 1.54) is 0 Å². The van der Waals surface area contributed by atoms with Gasteiger partial charge < -0.3 is 20.0 Å². The van der Waals surface area contributed by atoms with Crippen LogP contribution in [0.1, 0.15) is 6.42 Å². The molecule has 0 amide bonds. The lowest BCUT2D eigenvalue weighted by molar-refractivity contribution is 0.0297. The molecule has 0 radical (unpaired) electrons. The minimum atomic E-state index is -0.255. The Labute approximate surface area is 101 Å². The molecule has 0 aromatic heterocycles. The van der Waals surface area contributed by atoms with Crippen molar-refractivity contribution in [2.75, 3.05) is 26.8 Å². The van der Waals surface area contributed by atoms with Crippen LogP contribution in [0.4, 0.5) is 0 Å². The van der Waals surface area contributed by atoms with E-state index in [0.717, 1.165) is 31.7 Å². The van der Waals surface area contributed by atoms with Crippen molar-refractivity contribution in [2.45, 2.75) is 18.6 Å². The van der Waals surface area contributed by atoms with Gasteiger partial charge in [0, 0.05) is 20.2 Å². The Balaban J connectivity index is 1.97. The first kappa shape index (κ1) is 12.3. The van der Waals surface area contributed by atoms with Crippen molar-refractivity contribution >= 4 is 5.71 Å². The maximum absolute atomic E-state index is 8.90. The summed E-state index contributed by atoms with van der Waals surface area (Å²) in [6, 6.07) is 0. The van der Waals surface area contributed by atoms with E-state index < -0.39 is 0 Å². The fourth-order valence-corrected chi connectivity index (χ4v) is 2.06. The molecule has 2 atom stereocenters. The molecule has 2 aliphatic rings. The van der Waals surface area contributed by atoms with E-state index in [-0.39, 0.29) is 12.2 Å². The number of rotatable bonds is 3. The van der Waals surface area contributed by atoms with E-state index in [0.29, 0.717) is 5.71 Å². The first-order chi connectivity index (χ1) is 8.33. The molecular formula is C12H18N2O3. The second kappa shape index (κ2) is 5.95. The summed E-state index contributed by atoms with van der Waals surface area (Å²) >= 11 is 0. The Kier molecular flexibility index (Phi) is 4.30. The van der Waals surface area contributed by atoms with E-state index in [2.05, 4.69) is 10.5 Å². The van der Waals surface area contributed by atoms with Crippen LogP contribution in [0.15, 0.2) is 29.0 Å². The molecule has 17 heavy (non-hydrogen) atoms. The minimum absolute atomic E-state index is 0.193. The van der Waals surface area contributed by atoms with Gasteiger partial charge in [-0.1, -0.05) is 11.2 Å². The van der Waals surface area contributed by atoms with Crippen molar-refractivity contribution in [1.29, 1.82) is 0 Å². The van der Waals surface area contributed by atoms with Gasteiger partial charge in [0.2, 0.25) is 0 Å². The van der Waals surface area contributed by atoms with Gasteiger partial charge in [-0.3, -0.25) is 0 Å². The van der Waals surface area contributed by atoms with Gasteiger partial charge in [-0.15, -0.1) is 0 Å². The predicted molar refractivity (Wildman–Crippen MR) is 64.5 cm³/mol. The van der Waals surface area contributed by atoms with Crippen LogP contribution in [0.5, 0.6) is 0 Å². The third-order valence-corrected chi connectivity index (χ3v) is 2.95. The third-order valence-electron chi connectivity index (χ3n) is 2.95. The molecule has 94 valence electrons. The summed E-state index contributed by atoms with van der Waals surface area (Å²) in [5, 5.41) is 15.4. The summed E-state index contributed by atoms with van der Waals surface area (Å²) in [5.74, 6) is 0. The van der Waals surface area contributed by atoms with Crippen LogP contribution in [-0.4, -0.2) is 49.9 Å². The van der Waals surface area contributed by atoms with Gasteiger partial charge in [0.15, 0.2) is 0 Å². The number of morpholine rings is 1. The van der Waals surface area contributed by atoms with Gasteiger partial charge in [-0.05, 0) is 24.1 Å². The van der Waals surface area contributed by atoms with Gasteiger partial charge in [-0.2, -0.15) is 0 Å². The van der Waals surface area contributed by atoms with Crippen LogP contribution in [0, 0.1) is 0 Å². The highest BCUT2D eigenvalue weighted by Gasteiger charge is 2.19. The average molecular weight is 238 g/mol. The maximum Gasteiger partial charge on any atom is 0.121 e. The highest BCUT2D eigenvalue weighted by Crippen LogP contribution is 2.17. The van der Waals surface area contributed by atoms with Gasteiger partial charge in [-0.25, -0.2) is 0 Å². The van der Waals surface area contributed by atoms with Crippen molar-refractivity contribution < 1.29 is 14.7 Å². The quantitative estimate of drug-likeness (QED) is 0.561. The molecule has 1 heterocycles. The lowest BCUT2D eigenvalue weighted by Gasteiger charge is -2.25. The molecule has 1 unspecified atom stereocenters. The minimum Gasteiger partial charge on any atom is -0.411 e. The highest BCUT2D eigenvalue weighted by molar-refractivity contribution is 6.01. The molecule has 5 heteroatoms. The molecule has 0 saturated carbocycles. The Morgan fingerprint density at radius 2 is 2.53 bits per heavy atom. The number of nitrogens with one attached hydrogen (secondary N) is 1. The van der Waals surface area contributed by atoms with Crippen molar-refractivity contribution in [3.05, 3.63) is 23.8 Å². The second-order valence-electron chi connectivity index (χ2n) is 4.16. The van der Waals surface area contributed by atoms with E-state index in [1.54, 1.807) is 7.11 Å². The number of oxime groups is 1. The Bertz CT molecular complexity index is 344. The van der Waals surface area contributed by atoms with Gasteiger partial charge in [0.1, 0.15) is 11.8 Å². The summed E-state index contributed by atoms with van der Waals surface area (Å²) in [6.07, 6.45) is 6.50. The number of methoxy groups -OCH3 is 1. The monoisotopic (exact) mass is 238 g/mol. The summed E-state index contributed by atoms with van der Waals surface area (Å²) in [4.78, 5) is 0. The molecule has 1 aliphatic carbocycles. The fraction of sp³-hybridized carbons (Fsp3) is 0.583. The molecule has 2 rings (SSSR count). The van der Waals surface area contributed by atoms with E-state index >= 15 is 0 Å². The zero-order chi connectivity index (χ0) is 12.1. The summed E-state index contributed by atoms with van der Waals surface area (Å²) in [5.41, 5.74) is 1.63. The van der Waals surface area contributed by atoms with Crippen LogP contribution in [0.2, 0.25) is 0 Å². The normalized spacial score (nSPS) is 31.6. The van der Waals surface area contributed by atoms with Crippen LogP contribution in [0.3, 0.4) is 0 Å². The van der Waals surface area contributed by atoms with Crippen LogP contribution < -0.4 is 5.32 Å². The van der Waals surface area contributed by atoms with Crippen molar-refractivity contribution in [1.82, 2.24) is 5.32 Å². The maximum atomic E-state index is 8.90. The summed E-state index contributed by atoms with van der Waals surface area (Å²) < 4.78 is 10.8. The molecule has 0 aromatic rings. The first-order valence-electron chi connectivity index (χ1n) is 5.79. The highest BCUT2D eigenvalue weighted by atomic mass is 16.5. The Morgan fingerprint density at radius 1 is 1.65 bits per heavy atom. The van der Waals surface area contributed by atoms with Crippen LogP contribution in [0.25, 0.3) is 0 Å². The molecular weight excluding hydrogens is 220 g/mol. The molecule has 1 saturated heterocycles. The number of ether oxygens (including phenoxy) is 2. The first-order valence-corrected chi connectivity index (χ1v) is 5.79. The molecule has 0 bridgehead atoms. The summed E-state index contributed by atoms with van der Waals surface area (Å²) in [6.45, 7) is 2.54. The van der Waals surface area contributed by atoms with Crippen LogP contribution >= 0.6 is 0 Å². The van der Waals surface area contributed by atoms with Gasteiger partial charge >= 0.3 is 0 Å². The van der Waals surface area contributed by atoms with Crippen LogP contribution in [-0.2, 0) is 9.47 Å². The number of nitrogens with zero attached hydrogens (tertiary/aromatic N) is 1. The SMILES string of the molecule is CO[C@@H]1C=CC(CC2CNCCO2)=CC1=NO. The smallest absolute Gasteiger partial charge is 0.121 e. The number of hydrogen-bond acceptors (Lipinski definition) is 5. The van der Waals surface area contributed by atoms with E-state index in [9.17, 15) is 0 Å². The van der Waals surface area contributed by atoms with Crippen molar-refractivity contribution in [3.63, 3.8) is 0 Å². The lowest BCUT2D eigenvalue weighted by atomic mass is 9.98. The van der Waals surface area contributed by atoms with Gasteiger partial charge in [0.05, 0.1) is 12.7 Å². The van der Waals surface area contributed by atoms with E-state index in [4.69, 9.17) is 14.7 Å².